The zero-order valence-electron chi connectivity index (χ0n) is 13.2. The van der Waals surface area contributed by atoms with Crippen LogP contribution in [0.5, 0.6) is 5.75 Å². The van der Waals surface area contributed by atoms with Crippen molar-refractivity contribution >= 4 is 11.8 Å². The summed E-state index contributed by atoms with van der Waals surface area (Å²) in [7, 11) is 1.59. The quantitative estimate of drug-likeness (QED) is 0.672. The van der Waals surface area contributed by atoms with Crippen LogP contribution in [0.15, 0.2) is 28.2 Å². The minimum atomic E-state index is -0.369. The maximum Gasteiger partial charge on any atom is 0.299 e. The molecule has 0 saturated heterocycles. The first kappa shape index (κ1) is 16.4. The summed E-state index contributed by atoms with van der Waals surface area (Å²) in [5.74, 6) is 6.57. The number of thioether (sulfide) groups is 1. The normalized spacial score (nSPS) is 12.2. The third-order valence-corrected chi connectivity index (χ3v) is 4.65. The van der Waals surface area contributed by atoms with Gasteiger partial charge in [0.15, 0.2) is 5.69 Å². The molecule has 0 radical (unpaired) electrons. The van der Waals surface area contributed by atoms with E-state index in [4.69, 9.17) is 10.6 Å². The molecule has 2 rings (SSSR count). The number of benzene rings is 1. The van der Waals surface area contributed by atoms with E-state index >= 15 is 0 Å². The van der Waals surface area contributed by atoms with Gasteiger partial charge >= 0.3 is 0 Å². The van der Waals surface area contributed by atoms with E-state index in [0.29, 0.717) is 21.7 Å². The summed E-state index contributed by atoms with van der Waals surface area (Å²) in [6.07, 6.45) is 0.956. The van der Waals surface area contributed by atoms with Gasteiger partial charge < -0.3 is 10.6 Å². The fraction of sp³-hybridized carbons (Fsp3) is 0.400. The van der Waals surface area contributed by atoms with Crippen LogP contribution in [0.4, 0.5) is 0 Å². The molecule has 1 aromatic carbocycles. The number of nitrogen functional groups attached to an aromatic ring is 1. The first-order chi connectivity index (χ1) is 10.5. The van der Waals surface area contributed by atoms with Gasteiger partial charge in [-0.1, -0.05) is 37.7 Å². The maximum atomic E-state index is 12.4. The fourth-order valence-corrected chi connectivity index (χ4v) is 2.69. The van der Waals surface area contributed by atoms with Crippen LogP contribution in [0, 0.1) is 6.92 Å². The Labute approximate surface area is 133 Å². The summed E-state index contributed by atoms with van der Waals surface area (Å²) in [6, 6.07) is 5.45. The predicted molar refractivity (Wildman–Crippen MR) is 88.8 cm³/mol. The van der Waals surface area contributed by atoms with Crippen LogP contribution >= 0.6 is 11.8 Å². The van der Waals surface area contributed by atoms with Gasteiger partial charge in [-0.3, -0.25) is 4.79 Å². The lowest BCUT2D eigenvalue weighted by Gasteiger charge is -2.11. The smallest absolute Gasteiger partial charge is 0.299 e. The number of nitrogens with two attached hydrogens (primary N) is 1. The fourth-order valence-electron chi connectivity index (χ4n) is 1.88. The third kappa shape index (κ3) is 3.24. The van der Waals surface area contributed by atoms with Crippen molar-refractivity contribution in [3.8, 4) is 17.0 Å². The van der Waals surface area contributed by atoms with Gasteiger partial charge in [0.05, 0.1) is 7.11 Å². The van der Waals surface area contributed by atoms with E-state index in [1.807, 2.05) is 19.1 Å². The summed E-state index contributed by atoms with van der Waals surface area (Å²) < 4.78 is 6.34. The number of methoxy groups -OCH3 is 1. The van der Waals surface area contributed by atoms with Crippen LogP contribution < -0.4 is 16.1 Å². The summed E-state index contributed by atoms with van der Waals surface area (Å²) >= 11 is 1.44. The Morgan fingerprint density at radius 2 is 2.14 bits per heavy atom. The molecule has 0 aliphatic carbocycles. The van der Waals surface area contributed by atoms with Crippen molar-refractivity contribution in [1.29, 1.82) is 0 Å². The first-order valence-electron chi connectivity index (χ1n) is 7.04. The van der Waals surface area contributed by atoms with Gasteiger partial charge in [-0.25, -0.2) is 0 Å². The van der Waals surface area contributed by atoms with Crippen LogP contribution in [0.3, 0.4) is 0 Å². The van der Waals surface area contributed by atoms with Gasteiger partial charge in [0, 0.05) is 10.8 Å². The number of ether oxygens (including phenoxy) is 1. The topological polar surface area (TPSA) is 83.0 Å². The molecule has 0 aliphatic heterocycles. The molecule has 0 saturated carbocycles. The Hall–Kier alpha value is -2.02. The summed E-state index contributed by atoms with van der Waals surface area (Å²) in [5.41, 5.74) is 1.47. The predicted octanol–water partition coefficient (Wildman–Crippen LogP) is 2.23. The van der Waals surface area contributed by atoms with E-state index in [1.54, 1.807) is 13.2 Å². The molecule has 0 fully saturated rings. The number of aromatic nitrogens is 3. The van der Waals surface area contributed by atoms with E-state index in [1.165, 1.54) is 11.8 Å². The second-order valence-corrected chi connectivity index (χ2v) is 6.43. The number of rotatable bonds is 5. The molecule has 0 bridgehead atoms. The molecule has 0 aliphatic rings. The van der Waals surface area contributed by atoms with Crippen molar-refractivity contribution in [2.45, 2.75) is 37.6 Å². The molecule has 1 unspecified atom stereocenters. The number of aryl methyl sites for hydroxylation is 1. The summed E-state index contributed by atoms with van der Waals surface area (Å²) in [5, 5.41) is 8.89. The summed E-state index contributed by atoms with van der Waals surface area (Å²) in [6.45, 7) is 6.05. The standard InChI is InChI=1S/C15H20N4O2S/c1-5-10(3)22-15-18-17-13(14(20)19(15)16)11-7-6-9(2)12(8-11)21-4/h6-8,10H,5,16H2,1-4H3. The van der Waals surface area contributed by atoms with Crippen molar-refractivity contribution in [2.24, 2.45) is 0 Å². The zero-order valence-corrected chi connectivity index (χ0v) is 14.0. The molecule has 1 heterocycles. The highest BCUT2D eigenvalue weighted by atomic mass is 32.2. The highest BCUT2D eigenvalue weighted by Gasteiger charge is 2.15. The summed E-state index contributed by atoms with van der Waals surface area (Å²) in [4.78, 5) is 12.4. The van der Waals surface area contributed by atoms with Crippen molar-refractivity contribution in [3.63, 3.8) is 0 Å². The largest absolute Gasteiger partial charge is 0.496 e. The van der Waals surface area contributed by atoms with Crippen LogP contribution in [0.25, 0.3) is 11.3 Å². The average Bonchev–Trinajstić information content (AvgIpc) is 2.52. The third-order valence-electron chi connectivity index (χ3n) is 3.43. The zero-order chi connectivity index (χ0) is 16.3. The van der Waals surface area contributed by atoms with E-state index in [0.717, 1.165) is 16.7 Å². The number of hydrogen-bond donors (Lipinski definition) is 1. The average molecular weight is 320 g/mol. The molecule has 2 aromatic rings. The van der Waals surface area contributed by atoms with Gasteiger partial charge in [0.25, 0.3) is 5.56 Å². The van der Waals surface area contributed by atoms with E-state index in [2.05, 4.69) is 24.0 Å². The minimum Gasteiger partial charge on any atom is -0.496 e. The van der Waals surface area contributed by atoms with Gasteiger partial charge in [0.2, 0.25) is 5.16 Å². The Bertz CT molecular complexity index is 730. The highest BCUT2D eigenvalue weighted by Crippen LogP contribution is 2.25. The van der Waals surface area contributed by atoms with Crippen molar-refractivity contribution < 1.29 is 4.74 Å². The Morgan fingerprint density at radius 3 is 2.77 bits per heavy atom. The molecule has 0 spiro atoms. The molecular formula is C15H20N4O2S. The Balaban J connectivity index is 2.45. The first-order valence-corrected chi connectivity index (χ1v) is 7.92. The molecule has 7 heteroatoms. The van der Waals surface area contributed by atoms with Crippen LogP contribution in [-0.2, 0) is 0 Å². The van der Waals surface area contributed by atoms with Crippen molar-refractivity contribution in [3.05, 3.63) is 34.1 Å². The van der Waals surface area contributed by atoms with Gasteiger partial charge in [-0.05, 0) is 25.0 Å². The lowest BCUT2D eigenvalue weighted by atomic mass is 10.1. The van der Waals surface area contributed by atoms with E-state index in [-0.39, 0.29) is 11.3 Å². The van der Waals surface area contributed by atoms with Gasteiger partial charge in [-0.2, -0.15) is 4.68 Å². The van der Waals surface area contributed by atoms with Crippen LogP contribution in [0.1, 0.15) is 25.8 Å². The highest BCUT2D eigenvalue weighted by molar-refractivity contribution is 7.99. The van der Waals surface area contributed by atoms with E-state index in [9.17, 15) is 4.79 Å². The lowest BCUT2D eigenvalue weighted by Crippen LogP contribution is -2.32. The minimum absolute atomic E-state index is 0.217. The van der Waals surface area contributed by atoms with Crippen LogP contribution in [-0.4, -0.2) is 27.2 Å². The molecule has 1 aromatic heterocycles. The lowest BCUT2D eigenvalue weighted by molar-refractivity contribution is 0.412. The second kappa shape index (κ2) is 6.83. The Kier molecular flexibility index (Phi) is 5.07. The number of nitrogens with zero attached hydrogens (tertiary/aromatic N) is 3. The molecule has 1 atom stereocenters. The molecule has 2 N–H and O–H groups in total. The molecule has 0 amide bonds. The molecule has 6 nitrogen and oxygen atoms in total. The maximum absolute atomic E-state index is 12.4. The van der Waals surface area contributed by atoms with Gasteiger partial charge in [0.1, 0.15) is 5.75 Å². The number of hydrogen-bond acceptors (Lipinski definition) is 6. The molecule has 118 valence electrons. The van der Waals surface area contributed by atoms with Gasteiger partial charge in [-0.15, -0.1) is 10.2 Å². The monoisotopic (exact) mass is 320 g/mol. The van der Waals surface area contributed by atoms with Crippen molar-refractivity contribution in [2.75, 3.05) is 13.0 Å². The second-order valence-electron chi connectivity index (χ2n) is 5.03. The van der Waals surface area contributed by atoms with Crippen molar-refractivity contribution in [1.82, 2.24) is 14.9 Å². The molecule has 22 heavy (non-hydrogen) atoms. The SMILES string of the molecule is CCC(C)Sc1nnc(-c2ccc(C)c(OC)c2)c(=O)n1N. The van der Waals surface area contributed by atoms with Crippen LogP contribution in [0.2, 0.25) is 0 Å². The molecular weight excluding hydrogens is 300 g/mol. The Morgan fingerprint density at radius 1 is 1.41 bits per heavy atom. The van der Waals surface area contributed by atoms with E-state index < -0.39 is 0 Å².